The topological polar surface area (TPSA) is 57.6 Å². The maximum absolute atomic E-state index is 12.7. The molecule has 0 radical (unpaired) electrons. The van der Waals surface area contributed by atoms with Crippen LogP contribution in [-0.2, 0) is 4.79 Å². The Balaban J connectivity index is 1.90. The smallest absolute Gasteiger partial charge is 0.308 e. The quantitative estimate of drug-likeness (QED) is 0.902. The number of benzene rings is 1. The van der Waals surface area contributed by atoms with Gasteiger partial charge in [-0.3, -0.25) is 9.59 Å². The van der Waals surface area contributed by atoms with Crippen molar-refractivity contribution in [3.8, 4) is 0 Å². The number of nitrogens with zero attached hydrogens (tertiary/aromatic N) is 1. The Bertz CT molecular complexity index is 586. The van der Waals surface area contributed by atoms with Crippen LogP contribution in [0.3, 0.4) is 0 Å². The van der Waals surface area contributed by atoms with Crippen LogP contribution < -0.4 is 0 Å². The lowest BCUT2D eigenvalue weighted by Crippen LogP contribution is -2.38. The van der Waals surface area contributed by atoms with E-state index in [9.17, 15) is 14.7 Å². The van der Waals surface area contributed by atoms with Gasteiger partial charge in [-0.05, 0) is 59.8 Å². The first-order valence-electron chi connectivity index (χ1n) is 6.80. The van der Waals surface area contributed by atoms with Crippen molar-refractivity contribution in [2.24, 2.45) is 5.92 Å². The molecular formula is C15H16BrNO3. The van der Waals surface area contributed by atoms with E-state index in [0.717, 1.165) is 22.9 Å². The van der Waals surface area contributed by atoms with Crippen LogP contribution in [0, 0.1) is 12.8 Å². The van der Waals surface area contributed by atoms with Crippen molar-refractivity contribution in [2.45, 2.75) is 38.3 Å². The number of hydrogen-bond donors (Lipinski definition) is 1. The second-order valence-electron chi connectivity index (χ2n) is 5.67. The van der Waals surface area contributed by atoms with E-state index in [0.29, 0.717) is 12.0 Å². The molecule has 1 aromatic carbocycles. The van der Waals surface area contributed by atoms with Crippen molar-refractivity contribution in [1.29, 1.82) is 0 Å². The van der Waals surface area contributed by atoms with Gasteiger partial charge in [0.15, 0.2) is 0 Å². The molecule has 0 spiro atoms. The minimum Gasteiger partial charge on any atom is -0.481 e. The van der Waals surface area contributed by atoms with Gasteiger partial charge in [-0.1, -0.05) is 6.07 Å². The molecular weight excluding hydrogens is 322 g/mol. The molecule has 5 heteroatoms. The van der Waals surface area contributed by atoms with E-state index < -0.39 is 11.9 Å². The Morgan fingerprint density at radius 1 is 1.35 bits per heavy atom. The number of carboxylic acid groups (broad SMARTS) is 1. The summed E-state index contributed by atoms with van der Waals surface area (Å²) in [6, 6.07) is 5.58. The molecule has 1 aromatic rings. The summed E-state index contributed by atoms with van der Waals surface area (Å²) in [6.45, 7) is 1.97. The minimum absolute atomic E-state index is 0.0480. The van der Waals surface area contributed by atoms with Gasteiger partial charge in [-0.15, -0.1) is 0 Å². The number of carbonyl (C=O) groups excluding carboxylic acids is 1. The number of carboxylic acids is 1. The largest absolute Gasteiger partial charge is 0.481 e. The van der Waals surface area contributed by atoms with Crippen molar-refractivity contribution < 1.29 is 14.7 Å². The molecule has 2 saturated heterocycles. The van der Waals surface area contributed by atoms with Crippen LogP contribution in [0.25, 0.3) is 0 Å². The fourth-order valence-electron chi connectivity index (χ4n) is 3.50. The van der Waals surface area contributed by atoms with Gasteiger partial charge in [-0.25, -0.2) is 0 Å². The normalized spacial score (nSPS) is 27.9. The SMILES string of the molecule is Cc1ccc(C(=O)N2C3CCC2C(C(=O)O)C3)c(Br)c1. The predicted molar refractivity (Wildman–Crippen MR) is 77.6 cm³/mol. The Morgan fingerprint density at radius 2 is 2.10 bits per heavy atom. The lowest BCUT2D eigenvalue weighted by molar-refractivity contribution is -0.142. The zero-order chi connectivity index (χ0) is 14.4. The van der Waals surface area contributed by atoms with Crippen LogP contribution in [0.1, 0.15) is 35.2 Å². The standard InChI is InChI=1S/C15H16BrNO3/c1-8-2-4-10(12(16)6-8)14(18)17-9-3-5-13(17)11(7-9)15(19)20/h2,4,6,9,11,13H,3,5,7H2,1H3,(H,19,20). The summed E-state index contributed by atoms with van der Waals surface area (Å²) in [5.74, 6) is -1.23. The molecule has 3 atom stereocenters. The lowest BCUT2D eigenvalue weighted by atomic mass is 9.89. The van der Waals surface area contributed by atoms with Gasteiger partial charge in [0.1, 0.15) is 0 Å². The molecule has 1 amide bonds. The van der Waals surface area contributed by atoms with E-state index >= 15 is 0 Å². The molecule has 2 heterocycles. The first-order chi connectivity index (χ1) is 9.49. The van der Waals surface area contributed by atoms with Crippen molar-refractivity contribution in [1.82, 2.24) is 4.90 Å². The lowest BCUT2D eigenvalue weighted by Gasteiger charge is -2.23. The summed E-state index contributed by atoms with van der Waals surface area (Å²) < 4.78 is 0.778. The van der Waals surface area contributed by atoms with Crippen LogP contribution in [-0.4, -0.2) is 34.0 Å². The third kappa shape index (κ3) is 2.04. The molecule has 3 unspecified atom stereocenters. The highest BCUT2D eigenvalue weighted by molar-refractivity contribution is 9.10. The number of fused-ring (bicyclic) bond motifs is 2. The zero-order valence-corrected chi connectivity index (χ0v) is 12.8. The van der Waals surface area contributed by atoms with Crippen LogP contribution >= 0.6 is 15.9 Å². The highest BCUT2D eigenvalue weighted by Crippen LogP contribution is 2.43. The highest BCUT2D eigenvalue weighted by atomic mass is 79.9. The molecule has 106 valence electrons. The molecule has 2 fully saturated rings. The van der Waals surface area contributed by atoms with E-state index in [-0.39, 0.29) is 18.0 Å². The van der Waals surface area contributed by atoms with Crippen molar-refractivity contribution in [3.63, 3.8) is 0 Å². The molecule has 0 aromatic heterocycles. The van der Waals surface area contributed by atoms with Gasteiger partial charge in [0.2, 0.25) is 0 Å². The third-order valence-electron chi connectivity index (χ3n) is 4.44. The first kappa shape index (κ1) is 13.6. The summed E-state index contributed by atoms with van der Waals surface area (Å²) in [7, 11) is 0. The fourth-order valence-corrected chi connectivity index (χ4v) is 4.17. The molecule has 2 bridgehead atoms. The van der Waals surface area contributed by atoms with Crippen molar-refractivity contribution >= 4 is 27.8 Å². The molecule has 0 aliphatic carbocycles. The fraction of sp³-hybridized carbons (Fsp3) is 0.467. The van der Waals surface area contributed by atoms with Crippen LogP contribution in [0.5, 0.6) is 0 Å². The highest BCUT2D eigenvalue weighted by Gasteiger charge is 2.51. The van der Waals surface area contributed by atoms with Gasteiger partial charge in [0, 0.05) is 16.6 Å². The Labute approximate surface area is 125 Å². The molecule has 20 heavy (non-hydrogen) atoms. The number of aryl methyl sites for hydroxylation is 1. The maximum Gasteiger partial charge on any atom is 0.308 e. The van der Waals surface area contributed by atoms with E-state index in [1.165, 1.54) is 0 Å². The zero-order valence-electron chi connectivity index (χ0n) is 11.2. The summed E-state index contributed by atoms with van der Waals surface area (Å²) >= 11 is 3.44. The Hall–Kier alpha value is -1.36. The molecule has 1 N–H and O–H groups in total. The summed E-state index contributed by atoms with van der Waals surface area (Å²) in [6.07, 6.45) is 2.32. The molecule has 4 nitrogen and oxygen atoms in total. The van der Waals surface area contributed by atoms with Gasteiger partial charge >= 0.3 is 5.97 Å². The third-order valence-corrected chi connectivity index (χ3v) is 5.10. The first-order valence-corrected chi connectivity index (χ1v) is 7.60. The van der Waals surface area contributed by atoms with Crippen molar-refractivity contribution in [2.75, 3.05) is 0 Å². The van der Waals surface area contributed by atoms with Gasteiger partial charge in [0.05, 0.1) is 11.5 Å². The van der Waals surface area contributed by atoms with Gasteiger partial charge < -0.3 is 10.0 Å². The summed E-state index contributed by atoms with van der Waals surface area (Å²) in [4.78, 5) is 25.8. The molecule has 0 saturated carbocycles. The molecule has 3 rings (SSSR count). The van der Waals surface area contributed by atoms with E-state index in [2.05, 4.69) is 15.9 Å². The predicted octanol–water partition coefficient (Wildman–Crippen LogP) is 2.84. The average Bonchev–Trinajstić information content (AvgIpc) is 2.95. The van der Waals surface area contributed by atoms with Crippen LogP contribution in [0.4, 0.5) is 0 Å². The summed E-state index contributed by atoms with van der Waals surface area (Å²) in [5, 5.41) is 9.25. The average molecular weight is 338 g/mol. The molecule has 2 aliphatic rings. The number of rotatable bonds is 2. The van der Waals surface area contributed by atoms with Crippen LogP contribution in [0.15, 0.2) is 22.7 Å². The number of amides is 1. The number of halogens is 1. The van der Waals surface area contributed by atoms with Gasteiger partial charge in [0.25, 0.3) is 5.91 Å². The van der Waals surface area contributed by atoms with Crippen LogP contribution in [0.2, 0.25) is 0 Å². The summed E-state index contributed by atoms with van der Waals surface area (Å²) in [5.41, 5.74) is 1.71. The second kappa shape index (κ2) is 4.88. The number of aliphatic carboxylic acids is 1. The Kier molecular flexibility index (Phi) is 3.32. The van der Waals surface area contributed by atoms with Crippen molar-refractivity contribution in [3.05, 3.63) is 33.8 Å². The second-order valence-corrected chi connectivity index (χ2v) is 6.53. The maximum atomic E-state index is 12.7. The number of carbonyl (C=O) groups is 2. The van der Waals surface area contributed by atoms with E-state index in [1.807, 2.05) is 25.1 Å². The van der Waals surface area contributed by atoms with Gasteiger partial charge in [-0.2, -0.15) is 0 Å². The number of hydrogen-bond acceptors (Lipinski definition) is 2. The Morgan fingerprint density at radius 3 is 2.70 bits per heavy atom. The van der Waals surface area contributed by atoms with E-state index in [1.54, 1.807) is 4.90 Å². The van der Waals surface area contributed by atoms with E-state index in [4.69, 9.17) is 0 Å². The monoisotopic (exact) mass is 337 g/mol. The minimum atomic E-state index is -0.780. The molecule has 2 aliphatic heterocycles.